The van der Waals surface area contributed by atoms with E-state index in [0.29, 0.717) is 22.7 Å². The van der Waals surface area contributed by atoms with Gasteiger partial charge in [0.2, 0.25) is 0 Å². The number of benzene rings is 1. The number of nitrogens with one attached hydrogen (secondary N) is 1. The first-order valence-corrected chi connectivity index (χ1v) is 7.82. The van der Waals surface area contributed by atoms with Crippen LogP contribution in [0.15, 0.2) is 22.7 Å². The average molecular weight is 344 g/mol. The summed E-state index contributed by atoms with van der Waals surface area (Å²) in [6.45, 7) is 1.90. The molecule has 0 spiro atoms. The molecule has 5 heteroatoms. The third kappa shape index (κ3) is 2.54. The number of halogens is 2. The maximum absolute atomic E-state index is 12.8. The number of amides is 1. The number of fused-ring (bicyclic) bond motifs is 2. The van der Waals surface area contributed by atoms with Crippen LogP contribution in [0.2, 0.25) is 5.02 Å². The fourth-order valence-corrected chi connectivity index (χ4v) is 3.70. The van der Waals surface area contributed by atoms with Crippen LogP contribution in [0.3, 0.4) is 0 Å². The Bertz CT molecular complexity index is 494. The van der Waals surface area contributed by atoms with E-state index < -0.39 is 0 Å². The largest absolute Gasteiger partial charge is 0.331 e. The van der Waals surface area contributed by atoms with E-state index >= 15 is 0 Å². The fourth-order valence-electron chi connectivity index (χ4n) is 3.11. The molecule has 1 amide bonds. The molecule has 2 bridgehead atoms. The van der Waals surface area contributed by atoms with Crippen LogP contribution in [0.1, 0.15) is 29.6 Å². The van der Waals surface area contributed by atoms with Gasteiger partial charge in [0.1, 0.15) is 0 Å². The van der Waals surface area contributed by atoms with E-state index in [-0.39, 0.29) is 5.91 Å². The van der Waals surface area contributed by atoms with E-state index in [2.05, 4.69) is 26.1 Å². The molecule has 2 aliphatic heterocycles. The fraction of sp³-hybridized carbons (Fsp3) is 0.500. The molecule has 2 heterocycles. The molecule has 2 aliphatic rings. The van der Waals surface area contributed by atoms with Gasteiger partial charge in [0.25, 0.3) is 5.91 Å². The summed E-state index contributed by atoms with van der Waals surface area (Å²) in [5.74, 6) is 0.102. The Balaban J connectivity index is 1.93. The Labute approximate surface area is 126 Å². The minimum absolute atomic E-state index is 0.102. The quantitative estimate of drug-likeness (QED) is 0.850. The highest BCUT2D eigenvalue weighted by atomic mass is 79.9. The molecule has 0 aliphatic carbocycles. The molecular formula is C14H16BrClN2O. The molecule has 2 atom stereocenters. The molecule has 1 aromatic carbocycles. The van der Waals surface area contributed by atoms with Crippen molar-refractivity contribution in [1.29, 1.82) is 0 Å². The minimum atomic E-state index is 0.102. The molecule has 3 rings (SSSR count). The summed E-state index contributed by atoms with van der Waals surface area (Å²) in [6.07, 6.45) is 3.26. The van der Waals surface area contributed by atoms with E-state index in [1.165, 1.54) is 0 Å². The highest BCUT2D eigenvalue weighted by Crippen LogP contribution is 2.32. The Morgan fingerprint density at radius 1 is 1.32 bits per heavy atom. The maximum Gasteiger partial charge on any atom is 0.255 e. The SMILES string of the molecule is O=C(c1cc(Cl)ccc1Br)N1C2CCNCC1CC2. The summed E-state index contributed by atoms with van der Waals surface area (Å²) < 4.78 is 0.818. The van der Waals surface area contributed by atoms with E-state index in [4.69, 9.17) is 11.6 Å². The molecule has 1 aromatic rings. The van der Waals surface area contributed by atoms with Crippen LogP contribution in [-0.4, -0.2) is 36.0 Å². The molecule has 0 aromatic heterocycles. The topological polar surface area (TPSA) is 32.3 Å². The smallest absolute Gasteiger partial charge is 0.255 e. The summed E-state index contributed by atoms with van der Waals surface area (Å²) in [5.41, 5.74) is 0.672. The van der Waals surface area contributed by atoms with Gasteiger partial charge >= 0.3 is 0 Å². The predicted octanol–water partition coefficient (Wildman–Crippen LogP) is 3.07. The van der Waals surface area contributed by atoms with Crippen LogP contribution >= 0.6 is 27.5 Å². The van der Waals surface area contributed by atoms with Gasteiger partial charge in [-0.3, -0.25) is 4.79 Å². The molecule has 19 heavy (non-hydrogen) atoms. The first kappa shape index (κ1) is 13.4. The molecule has 1 N–H and O–H groups in total. The zero-order chi connectivity index (χ0) is 13.4. The standard InChI is InChI=1S/C14H16BrClN2O/c15-13-4-1-9(16)7-12(13)14(19)18-10-2-3-11(18)8-17-6-5-10/h1,4,7,10-11,17H,2-3,5-6,8H2. The third-order valence-electron chi connectivity index (χ3n) is 4.05. The normalized spacial score (nSPS) is 26.3. The van der Waals surface area contributed by atoms with Gasteiger partial charge in [-0.2, -0.15) is 0 Å². The lowest BCUT2D eigenvalue weighted by Crippen LogP contribution is -2.42. The van der Waals surface area contributed by atoms with E-state index in [9.17, 15) is 4.79 Å². The highest BCUT2D eigenvalue weighted by Gasteiger charge is 2.38. The molecule has 102 valence electrons. The van der Waals surface area contributed by atoms with Crippen molar-refractivity contribution in [3.8, 4) is 0 Å². The third-order valence-corrected chi connectivity index (χ3v) is 4.97. The number of hydrogen-bond donors (Lipinski definition) is 1. The highest BCUT2D eigenvalue weighted by molar-refractivity contribution is 9.10. The molecule has 2 fully saturated rings. The van der Waals surface area contributed by atoms with Crippen molar-refractivity contribution in [2.24, 2.45) is 0 Å². The molecule has 0 saturated carbocycles. The molecular weight excluding hydrogens is 328 g/mol. The van der Waals surface area contributed by atoms with Gasteiger partial charge in [-0.25, -0.2) is 0 Å². The van der Waals surface area contributed by atoms with Crippen molar-refractivity contribution in [2.45, 2.75) is 31.3 Å². The van der Waals surface area contributed by atoms with Gasteiger partial charge in [0, 0.05) is 28.1 Å². The Kier molecular flexibility index (Phi) is 3.83. The number of carbonyl (C=O) groups excluding carboxylic acids is 1. The second kappa shape index (κ2) is 5.43. The van der Waals surface area contributed by atoms with E-state index in [1.807, 2.05) is 6.07 Å². The predicted molar refractivity (Wildman–Crippen MR) is 79.6 cm³/mol. The molecule has 0 radical (unpaired) electrons. The number of rotatable bonds is 1. The summed E-state index contributed by atoms with van der Waals surface area (Å²) in [6, 6.07) is 6.09. The van der Waals surface area contributed by atoms with Crippen molar-refractivity contribution in [2.75, 3.05) is 13.1 Å². The van der Waals surface area contributed by atoms with Crippen LogP contribution < -0.4 is 5.32 Å². The van der Waals surface area contributed by atoms with Crippen molar-refractivity contribution < 1.29 is 4.79 Å². The van der Waals surface area contributed by atoms with Crippen LogP contribution in [-0.2, 0) is 0 Å². The van der Waals surface area contributed by atoms with Crippen LogP contribution in [0, 0.1) is 0 Å². The Morgan fingerprint density at radius 2 is 2.11 bits per heavy atom. The minimum Gasteiger partial charge on any atom is -0.331 e. The van der Waals surface area contributed by atoms with Crippen molar-refractivity contribution >= 4 is 33.4 Å². The second-order valence-corrected chi connectivity index (χ2v) is 6.51. The number of nitrogens with zero attached hydrogens (tertiary/aromatic N) is 1. The van der Waals surface area contributed by atoms with Gasteiger partial charge in [-0.1, -0.05) is 11.6 Å². The zero-order valence-corrected chi connectivity index (χ0v) is 12.9. The van der Waals surface area contributed by atoms with Crippen LogP contribution in [0.5, 0.6) is 0 Å². The Morgan fingerprint density at radius 3 is 2.95 bits per heavy atom. The lowest BCUT2D eigenvalue weighted by atomic mass is 10.1. The van der Waals surface area contributed by atoms with Crippen molar-refractivity contribution in [3.63, 3.8) is 0 Å². The van der Waals surface area contributed by atoms with Gasteiger partial charge in [-0.15, -0.1) is 0 Å². The summed E-state index contributed by atoms with van der Waals surface area (Å²) in [7, 11) is 0. The lowest BCUT2D eigenvalue weighted by Gasteiger charge is -2.28. The Hall–Kier alpha value is -0.580. The van der Waals surface area contributed by atoms with Crippen molar-refractivity contribution in [3.05, 3.63) is 33.3 Å². The summed E-state index contributed by atoms with van der Waals surface area (Å²) in [5, 5.41) is 4.01. The van der Waals surface area contributed by atoms with E-state index in [1.54, 1.807) is 12.1 Å². The average Bonchev–Trinajstić information content (AvgIpc) is 2.65. The van der Waals surface area contributed by atoms with Gasteiger partial charge < -0.3 is 10.2 Å². The van der Waals surface area contributed by atoms with Crippen LogP contribution in [0.4, 0.5) is 0 Å². The van der Waals surface area contributed by atoms with Crippen LogP contribution in [0.25, 0.3) is 0 Å². The number of hydrogen-bond acceptors (Lipinski definition) is 2. The summed E-state index contributed by atoms with van der Waals surface area (Å²) >= 11 is 9.47. The van der Waals surface area contributed by atoms with Gasteiger partial charge in [-0.05, 0) is 59.9 Å². The molecule has 2 unspecified atom stereocenters. The zero-order valence-electron chi connectivity index (χ0n) is 10.5. The second-order valence-electron chi connectivity index (χ2n) is 5.21. The van der Waals surface area contributed by atoms with Gasteiger partial charge in [0.05, 0.1) is 5.56 Å². The maximum atomic E-state index is 12.8. The number of carbonyl (C=O) groups is 1. The summed E-state index contributed by atoms with van der Waals surface area (Å²) in [4.78, 5) is 14.9. The molecule has 3 nitrogen and oxygen atoms in total. The first-order valence-electron chi connectivity index (χ1n) is 6.65. The van der Waals surface area contributed by atoms with Gasteiger partial charge in [0.15, 0.2) is 0 Å². The van der Waals surface area contributed by atoms with E-state index in [0.717, 1.165) is 36.8 Å². The monoisotopic (exact) mass is 342 g/mol. The molecule has 2 saturated heterocycles. The lowest BCUT2D eigenvalue weighted by molar-refractivity contribution is 0.0679. The van der Waals surface area contributed by atoms with Crippen molar-refractivity contribution in [1.82, 2.24) is 10.2 Å². The first-order chi connectivity index (χ1) is 9.16.